The zero-order valence-electron chi connectivity index (χ0n) is 18.0. The topological polar surface area (TPSA) is 84.7 Å². The molecule has 0 radical (unpaired) electrons. The summed E-state index contributed by atoms with van der Waals surface area (Å²) in [7, 11) is 0. The minimum absolute atomic E-state index is 0.195. The normalized spacial score (nSPS) is 15.0. The molecule has 164 valence electrons. The molecule has 0 saturated carbocycles. The molecule has 1 aliphatic heterocycles. The molecule has 0 unspecified atom stereocenters. The third-order valence-corrected chi connectivity index (χ3v) is 6.23. The number of carbonyl (C=O) groups is 1. The monoisotopic (exact) mass is 454 g/mol. The summed E-state index contributed by atoms with van der Waals surface area (Å²) in [6.07, 6.45) is 3.48. The molecular weight excluding hydrogens is 432 g/mol. The van der Waals surface area contributed by atoms with Crippen molar-refractivity contribution < 1.29 is 4.79 Å². The van der Waals surface area contributed by atoms with Crippen LogP contribution in [0.15, 0.2) is 102 Å². The molecule has 1 aliphatic rings. The number of thioether (sulfide) groups is 1. The largest absolute Gasteiger partial charge is 0.328 e. The van der Waals surface area contributed by atoms with Crippen LogP contribution in [0.4, 0.5) is 11.6 Å². The van der Waals surface area contributed by atoms with Crippen molar-refractivity contribution in [2.45, 2.75) is 23.9 Å². The Morgan fingerprint density at radius 3 is 2.55 bits per heavy atom. The fourth-order valence-corrected chi connectivity index (χ4v) is 4.56. The Morgan fingerprint density at radius 2 is 1.82 bits per heavy atom. The lowest BCUT2D eigenvalue weighted by molar-refractivity contribution is -0.113. The first-order valence-corrected chi connectivity index (χ1v) is 11.5. The second kappa shape index (κ2) is 9.30. The lowest BCUT2D eigenvalue weighted by Gasteiger charge is -2.28. The van der Waals surface area contributed by atoms with Crippen LogP contribution in [0.1, 0.15) is 24.1 Å². The van der Waals surface area contributed by atoms with Crippen molar-refractivity contribution in [1.82, 2.24) is 19.7 Å². The van der Waals surface area contributed by atoms with E-state index in [4.69, 9.17) is 5.10 Å². The minimum Gasteiger partial charge on any atom is -0.328 e. The van der Waals surface area contributed by atoms with Gasteiger partial charge in [-0.3, -0.25) is 9.78 Å². The molecule has 0 saturated heterocycles. The Bertz CT molecular complexity index is 1290. The van der Waals surface area contributed by atoms with E-state index in [0.29, 0.717) is 16.7 Å². The fraction of sp³-hybridized carbons (Fsp3) is 0.120. The predicted octanol–water partition coefficient (Wildman–Crippen LogP) is 4.89. The number of para-hydroxylation sites is 1. The Labute approximate surface area is 196 Å². The highest BCUT2D eigenvalue weighted by molar-refractivity contribution is 7.98. The van der Waals surface area contributed by atoms with Gasteiger partial charge in [-0.05, 0) is 36.2 Å². The van der Waals surface area contributed by atoms with E-state index in [0.717, 1.165) is 22.7 Å². The van der Waals surface area contributed by atoms with E-state index in [1.54, 1.807) is 28.8 Å². The number of hydrogen-bond acceptors (Lipinski definition) is 6. The first kappa shape index (κ1) is 21.0. The molecule has 5 rings (SSSR count). The van der Waals surface area contributed by atoms with E-state index >= 15 is 0 Å². The van der Waals surface area contributed by atoms with Crippen molar-refractivity contribution in [2.24, 2.45) is 0 Å². The molecular formula is C25H22N6OS. The third kappa shape index (κ3) is 4.51. The van der Waals surface area contributed by atoms with Crippen LogP contribution in [-0.2, 0) is 10.5 Å². The van der Waals surface area contributed by atoms with Crippen LogP contribution >= 0.6 is 11.8 Å². The maximum atomic E-state index is 13.4. The van der Waals surface area contributed by atoms with Gasteiger partial charge in [0.25, 0.3) is 5.91 Å². The Balaban J connectivity index is 1.48. The zero-order valence-corrected chi connectivity index (χ0v) is 18.8. The standard InChI is InChI=1S/C25H22N6OS/c1-17-21(23(32)28-20-12-6-3-7-13-20)22(19-11-8-14-26-15-19)31-24(27-17)29-25(30-31)33-16-18-9-4-2-5-10-18/h2-15,22H,16H2,1H3,(H,28,32)(H,27,29,30)/t22-/m0/s1. The van der Waals surface area contributed by atoms with Crippen molar-refractivity contribution in [3.8, 4) is 0 Å². The van der Waals surface area contributed by atoms with Crippen LogP contribution in [-0.4, -0.2) is 25.7 Å². The van der Waals surface area contributed by atoms with E-state index < -0.39 is 6.04 Å². The van der Waals surface area contributed by atoms with Crippen LogP contribution in [0, 0.1) is 0 Å². The lowest BCUT2D eigenvalue weighted by Crippen LogP contribution is -2.31. The van der Waals surface area contributed by atoms with Gasteiger partial charge in [0.05, 0.1) is 5.57 Å². The molecule has 2 aromatic heterocycles. The Morgan fingerprint density at radius 1 is 1.06 bits per heavy atom. The number of carbonyl (C=O) groups excluding carboxylic acids is 1. The first-order valence-electron chi connectivity index (χ1n) is 10.6. The number of amides is 1. The van der Waals surface area contributed by atoms with Crippen LogP contribution in [0.3, 0.4) is 0 Å². The number of allylic oxidation sites excluding steroid dienone is 1. The van der Waals surface area contributed by atoms with Crippen molar-refractivity contribution in [3.63, 3.8) is 0 Å². The number of hydrogen-bond donors (Lipinski definition) is 2. The highest BCUT2D eigenvalue weighted by atomic mass is 32.2. The van der Waals surface area contributed by atoms with Gasteiger partial charge in [0.2, 0.25) is 11.1 Å². The molecule has 0 fully saturated rings. The summed E-state index contributed by atoms with van der Waals surface area (Å²) >= 11 is 1.56. The summed E-state index contributed by atoms with van der Waals surface area (Å²) in [5.41, 5.74) is 4.10. The molecule has 0 spiro atoms. The van der Waals surface area contributed by atoms with Crippen LogP contribution < -0.4 is 10.6 Å². The van der Waals surface area contributed by atoms with Gasteiger partial charge in [-0.15, -0.1) is 5.10 Å². The molecule has 8 heteroatoms. The Hall–Kier alpha value is -3.91. The summed E-state index contributed by atoms with van der Waals surface area (Å²) in [6.45, 7) is 1.89. The van der Waals surface area contributed by atoms with Gasteiger partial charge in [0, 0.05) is 29.5 Å². The summed E-state index contributed by atoms with van der Waals surface area (Å²) in [5, 5.41) is 11.7. The van der Waals surface area contributed by atoms with E-state index in [9.17, 15) is 4.79 Å². The number of benzene rings is 2. The van der Waals surface area contributed by atoms with E-state index in [2.05, 4.69) is 32.7 Å². The number of fused-ring (bicyclic) bond motifs is 1. The molecule has 1 amide bonds. The smallest absolute Gasteiger partial charge is 0.255 e. The number of aromatic nitrogens is 4. The van der Waals surface area contributed by atoms with Gasteiger partial charge in [0.1, 0.15) is 6.04 Å². The fourth-order valence-electron chi connectivity index (χ4n) is 3.77. The quantitative estimate of drug-likeness (QED) is 0.404. The van der Waals surface area contributed by atoms with Crippen molar-refractivity contribution in [1.29, 1.82) is 0 Å². The van der Waals surface area contributed by atoms with Crippen LogP contribution in [0.2, 0.25) is 0 Å². The Kier molecular flexibility index (Phi) is 5.91. The minimum atomic E-state index is -0.447. The molecule has 0 bridgehead atoms. The summed E-state index contributed by atoms with van der Waals surface area (Å²) < 4.78 is 1.78. The number of rotatable bonds is 6. The van der Waals surface area contributed by atoms with Gasteiger partial charge < -0.3 is 10.6 Å². The van der Waals surface area contributed by atoms with Crippen LogP contribution in [0.5, 0.6) is 0 Å². The highest BCUT2D eigenvalue weighted by Crippen LogP contribution is 2.36. The maximum absolute atomic E-state index is 13.4. The molecule has 4 aromatic rings. The van der Waals surface area contributed by atoms with Crippen molar-refractivity contribution in [3.05, 3.63) is 108 Å². The number of pyridine rings is 1. The molecule has 3 heterocycles. The summed E-state index contributed by atoms with van der Waals surface area (Å²) in [4.78, 5) is 22.4. The van der Waals surface area contributed by atoms with Crippen molar-refractivity contribution >= 4 is 29.3 Å². The molecule has 33 heavy (non-hydrogen) atoms. The number of nitrogens with one attached hydrogen (secondary N) is 2. The van der Waals surface area contributed by atoms with E-state index in [-0.39, 0.29) is 5.91 Å². The van der Waals surface area contributed by atoms with Gasteiger partial charge >= 0.3 is 0 Å². The lowest BCUT2D eigenvalue weighted by atomic mass is 9.96. The number of anilines is 2. The van der Waals surface area contributed by atoms with Gasteiger partial charge in [0.15, 0.2) is 0 Å². The van der Waals surface area contributed by atoms with E-state index in [1.165, 1.54) is 5.56 Å². The maximum Gasteiger partial charge on any atom is 0.255 e. The predicted molar refractivity (Wildman–Crippen MR) is 130 cm³/mol. The third-order valence-electron chi connectivity index (χ3n) is 5.32. The SMILES string of the molecule is CC1=C(C(=O)Nc2ccccc2)[C@H](c2cccnc2)n2nc(SCc3ccccc3)nc2N1. The van der Waals surface area contributed by atoms with Gasteiger partial charge in [-0.25, -0.2) is 4.68 Å². The summed E-state index contributed by atoms with van der Waals surface area (Å²) in [5.74, 6) is 1.17. The second-order valence-electron chi connectivity index (χ2n) is 7.61. The van der Waals surface area contributed by atoms with Crippen molar-refractivity contribution in [2.75, 3.05) is 10.6 Å². The first-order chi connectivity index (χ1) is 16.2. The molecule has 2 N–H and O–H groups in total. The van der Waals surface area contributed by atoms with Crippen LogP contribution in [0.25, 0.3) is 0 Å². The average Bonchev–Trinajstić information content (AvgIpc) is 3.26. The molecule has 1 atom stereocenters. The molecule has 7 nitrogen and oxygen atoms in total. The molecule has 0 aliphatic carbocycles. The zero-order chi connectivity index (χ0) is 22.6. The summed E-state index contributed by atoms with van der Waals surface area (Å²) in [6, 6.07) is 23.0. The number of nitrogens with zero attached hydrogens (tertiary/aromatic N) is 4. The average molecular weight is 455 g/mol. The highest BCUT2D eigenvalue weighted by Gasteiger charge is 2.34. The van der Waals surface area contributed by atoms with Gasteiger partial charge in [-0.2, -0.15) is 4.98 Å². The van der Waals surface area contributed by atoms with Gasteiger partial charge in [-0.1, -0.05) is 66.4 Å². The second-order valence-corrected chi connectivity index (χ2v) is 8.55. The molecule has 2 aromatic carbocycles. The van der Waals surface area contributed by atoms with E-state index in [1.807, 2.05) is 67.6 Å².